The molecule has 5 heteroatoms. The van der Waals surface area contributed by atoms with E-state index in [2.05, 4.69) is 5.32 Å². The number of fused-ring (bicyclic) bond motifs is 1. The van der Waals surface area contributed by atoms with Crippen molar-refractivity contribution in [2.75, 3.05) is 5.32 Å². The maximum Gasteiger partial charge on any atom is 0.269 e. The van der Waals surface area contributed by atoms with Crippen molar-refractivity contribution >= 4 is 23.2 Å². The first-order valence-corrected chi connectivity index (χ1v) is 7.42. The number of hydrogen-bond donors (Lipinski definition) is 1. The van der Waals surface area contributed by atoms with Crippen LogP contribution in [0.4, 0.5) is 5.69 Å². The fourth-order valence-electron chi connectivity index (χ4n) is 2.35. The van der Waals surface area contributed by atoms with E-state index in [0.29, 0.717) is 22.2 Å². The summed E-state index contributed by atoms with van der Waals surface area (Å²) in [4.78, 5) is 12.5. The molecule has 0 spiro atoms. The highest BCUT2D eigenvalue weighted by atomic mass is 35.5. The third kappa shape index (κ3) is 2.74. The molecule has 0 bridgehead atoms. The van der Waals surface area contributed by atoms with Crippen molar-refractivity contribution in [2.24, 2.45) is 0 Å². The molecule has 1 heterocycles. The number of amides is 1. The van der Waals surface area contributed by atoms with Crippen LogP contribution in [-0.2, 0) is 4.79 Å². The van der Waals surface area contributed by atoms with Gasteiger partial charge in [0.2, 0.25) is 6.10 Å². The normalized spacial score (nSPS) is 19.6. The second-order valence-corrected chi connectivity index (χ2v) is 5.62. The van der Waals surface area contributed by atoms with Gasteiger partial charge in [0.25, 0.3) is 5.91 Å². The van der Waals surface area contributed by atoms with E-state index in [1.54, 1.807) is 24.3 Å². The molecule has 0 radical (unpaired) electrons. The van der Waals surface area contributed by atoms with Gasteiger partial charge >= 0.3 is 0 Å². The molecule has 1 N–H and O–H groups in total. The molecule has 1 aliphatic heterocycles. The van der Waals surface area contributed by atoms with Gasteiger partial charge in [-0.25, -0.2) is 0 Å². The monoisotopic (exact) mass is 317 g/mol. The first kappa shape index (κ1) is 14.7. The highest BCUT2D eigenvalue weighted by molar-refractivity contribution is 6.31. The van der Waals surface area contributed by atoms with Crippen LogP contribution in [0.2, 0.25) is 5.02 Å². The molecule has 22 heavy (non-hydrogen) atoms. The summed E-state index contributed by atoms with van der Waals surface area (Å²) in [6.07, 6.45) is -1.09. The van der Waals surface area contributed by atoms with Gasteiger partial charge in [0, 0.05) is 10.7 Å². The van der Waals surface area contributed by atoms with Crippen LogP contribution in [0.5, 0.6) is 11.5 Å². The molecular weight excluding hydrogens is 302 g/mol. The molecule has 0 aliphatic carbocycles. The van der Waals surface area contributed by atoms with Crippen LogP contribution in [0.25, 0.3) is 0 Å². The van der Waals surface area contributed by atoms with E-state index in [9.17, 15) is 4.79 Å². The molecule has 0 fully saturated rings. The third-order valence-electron chi connectivity index (χ3n) is 3.63. The Morgan fingerprint density at radius 2 is 1.77 bits per heavy atom. The Labute approximate surface area is 134 Å². The molecule has 1 amide bonds. The van der Waals surface area contributed by atoms with Gasteiger partial charge in [0.05, 0.1) is 0 Å². The number of nitrogens with one attached hydrogen (secondary N) is 1. The van der Waals surface area contributed by atoms with Crippen molar-refractivity contribution < 1.29 is 14.3 Å². The number of carbonyl (C=O) groups is 1. The van der Waals surface area contributed by atoms with Gasteiger partial charge in [-0.1, -0.05) is 29.8 Å². The Kier molecular flexibility index (Phi) is 3.94. The number of ether oxygens (including phenoxy) is 2. The number of anilines is 1. The van der Waals surface area contributed by atoms with Crippen LogP contribution >= 0.6 is 11.6 Å². The van der Waals surface area contributed by atoms with E-state index in [1.807, 2.05) is 32.0 Å². The quantitative estimate of drug-likeness (QED) is 0.916. The summed E-state index contributed by atoms with van der Waals surface area (Å²) in [5, 5.41) is 3.46. The van der Waals surface area contributed by atoms with E-state index in [-0.39, 0.29) is 12.0 Å². The molecule has 0 saturated carbocycles. The van der Waals surface area contributed by atoms with Gasteiger partial charge in [-0.2, -0.15) is 0 Å². The zero-order valence-corrected chi connectivity index (χ0v) is 13.1. The summed E-state index contributed by atoms with van der Waals surface area (Å²) >= 11 is 6.07. The summed E-state index contributed by atoms with van der Waals surface area (Å²) in [7, 11) is 0. The first-order chi connectivity index (χ1) is 10.6. The molecule has 2 aromatic carbocycles. The second kappa shape index (κ2) is 5.89. The summed E-state index contributed by atoms with van der Waals surface area (Å²) in [6.45, 7) is 3.67. The average Bonchev–Trinajstić information content (AvgIpc) is 2.51. The summed E-state index contributed by atoms with van der Waals surface area (Å²) in [6, 6.07) is 12.7. The molecular formula is C17H16ClNO3. The number of hydrogen-bond acceptors (Lipinski definition) is 3. The lowest BCUT2D eigenvalue weighted by molar-refractivity contribution is -0.128. The van der Waals surface area contributed by atoms with Crippen molar-refractivity contribution in [3.8, 4) is 11.5 Å². The van der Waals surface area contributed by atoms with E-state index in [4.69, 9.17) is 21.1 Å². The smallest absolute Gasteiger partial charge is 0.269 e. The molecule has 2 aromatic rings. The number of halogens is 1. The molecule has 0 saturated heterocycles. The van der Waals surface area contributed by atoms with Crippen molar-refractivity contribution in [2.45, 2.75) is 26.1 Å². The van der Waals surface area contributed by atoms with Gasteiger partial charge in [-0.05, 0) is 43.7 Å². The SMILES string of the molecule is Cc1c(Cl)cccc1NC(=O)[C@H]1Oc2ccccc2O[C@H]1C. The molecule has 114 valence electrons. The predicted molar refractivity (Wildman–Crippen MR) is 85.8 cm³/mol. The van der Waals surface area contributed by atoms with Crippen LogP contribution in [0, 0.1) is 6.92 Å². The van der Waals surface area contributed by atoms with Gasteiger partial charge in [0.15, 0.2) is 11.5 Å². The van der Waals surface area contributed by atoms with Crippen molar-refractivity contribution in [3.05, 3.63) is 53.1 Å². The topological polar surface area (TPSA) is 47.6 Å². The van der Waals surface area contributed by atoms with E-state index >= 15 is 0 Å². The third-order valence-corrected chi connectivity index (χ3v) is 4.04. The maximum absolute atomic E-state index is 12.5. The van der Waals surface area contributed by atoms with Crippen LogP contribution in [0.15, 0.2) is 42.5 Å². The van der Waals surface area contributed by atoms with E-state index in [0.717, 1.165) is 5.56 Å². The lowest BCUT2D eigenvalue weighted by atomic mass is 10.1. The molecule has 4 nitrogen and oxygen atoms in total. The Morgan fingerprint density at radius 1 is 1.09 bits per heavy atom. The minimum atomic E-state index is -0.715. The predicted octanol–water partition coefficient (Wildman–Crippen LogP) is 3.82. The maximum atomic E-state index is 12.5. The Bertz CT molecular complexity index is 717. The van der Waals surface area contributed by atoms with Gasteiger partial charge < -0.3 is 14.8 Å². The molecule has 0 aromatic heterocycles. The number of carbonyl (C=O) groups excluding carboxylic acids is 1. The molecule has 3 rings (SSSR count). The van der Waals surface area contributed by atoms with Crippen LogP contribution < -0.4 is 14.8 Å². The fourth-order valence-corrected chi connectivity index (χ4v) is 2.53. The number of rotatable bonds is 2. The van der Waals surface area contributed by atoms with Crippen molar-refractivity contribution in [1.29, 1.82) is 0 Å². The van der Waals surface area contributed by atoms with E-state index in [1.165, 1.54) is 0 Å². The number of para-hydroxylation sites is 2. The fraction of sp³-hybridized carbons (Fsp3) is 0.235. The van der Waals surface area contributed by atoms with Crippen molar-refractivity contribution in [3.63, 3.8) is 0 Å². The highest BCUT2D eigenvalue weighted by Crippen LogP contribution is 2.34. The van der Waals surface area contributed by atoms with Gasteiger partial charge in [-0.3, -0.25) is 4.79 Å². The molecule has 0 unspecified atom stereocenters. The standard InChI is InChI=1S/C17H16ClNO3/c1-10-12(18)6-5-7-13(10)19-17(20)16-11(2)21-14-8-3-4-9-15(14)22-16/h3-9,11,16H,1-2H3,(H,19,20)/t11-,16-/m0/s1. The minimum Gasteiger partial charge on any atom is -0.482 e. The van der Waals surface area contributed by atoms with Crippen LogP contribution in [0.3, 0.4) is 0 Å². The molecule has 1 aliphatic rings. The van der Waals surface area contributed by atoms with Gasteiger partial charge in [-0.15, -0.1) is 0 Å². The minimum absolute atomic E-state index is 0.257. The first-order valence-electron chi connectivity index (χ1n) is 7.04. The zero-order chi connectivity index (χ0) is 15.7. The summed E-state index contributed by atoms with van der Waals surface area (Å²) < 4.78 is 11.5. The second-order valence-electron chi connectivity index (χ2n) is 5.21. The average molecular weight is 318 g/mol. The zero-order valence-electron chi connectivity index (χ0n) is 12.3. The highest BCUT2D eigenvalue weighted by Gasteiger charge is 2.34. The Balaban J connectivity index is 1.80. The van der Waals surface area contributed by atoms with Crippen LogP contribution in [-0.4, -0.2) is 18.1 Å². The van der Waals surface area contributed by atoms with Crippen molar-refractivity contribution in [1.82, 2.24) is 0 Å². The largest absolute Gasteiger partial charge is 0.482 e. The summed E-state index contributed by atoms with van der Waals surface area (Å²) in [5.74, 6) is 0.967. The Morgan fingerprint density at radius 3 is 2.50 bits per heavy atom. The summed E-state index contributed by atoms with van der Waals surface area (Å²) in [5.41, 5.74) is 1.49. The number of benzene rings is 2. The lowest BCUT2D eigenvalue weighted by Crippen LogP contribution is -2.46. The van der Waals surface area contributed by atoms with Crippen LogP contribution in [0.1, 0.15) is 12.5 Å². The van der Waals surface area contributed by atoms with Gasteiger partial charge in [0.1, 0.15) is 6.10 Å². The Hall–Kier alpha value is -2.20. The lowest BCUT2D eigenvalue weighted by Gasteiger charge is -2.31. The van der Waals surface area contributed by atoms with E-state index < -0.39 is 6.10 Å². The molecule has 2 atom stereocenters.